The Morgan fingerprint density at radius 3 is 2.48 bits per heavy atom. The van der Waals surface area contributed by atoms with Crippen molar-refractivity contribution in [2.45, 2.75) is 38.1 Å². The van der Waals surface area contributed by atoms with Gasteiger partial charge in [0.25, 0.3) is 5.91 Å². The Bertz CT molecular complexity index is 1120. The van der Waals surface area contributed by atoms with Gasteiger partial charge < -0.3 is 10.0 Å². The van der Waals surface area contributed by atoms with Gasteiger partial charge in [0.15, 0.2) is 0 Å². The topological polar surface area (TPSA) is 107 Å². The summed E-state index contributed by atoms with van der Waals surface area (Å²) in [7, 11) is 0. The second-order valence-electron chi connectivity index (χ2n) is 8.50. The van der Waals surface area contributed by atoms with E-state index in [2.05, 4.69) is 10.2 Å². The first kappa shape index (κ1) is 19.5. The molecule has 160 valence electrons. The van der Waals surface area contributed by atoms with Crippen LogP contribution < -0.4 is 15.1 Å². The Morgan fingerprint density at radius 2 is 1.77 bits per heavy atom. The highest BCUT2D eigenvalue weighted by atomic mass is 16.4. The molecule has 0 aliphatic carbocycles. The number of hydrogen-bond donors (Lipinski definition) is 2. The molecule has 0 radical (unpaired) electrons. The number of amides is 3. The van der Waals surface area contributed by atoms with Gasteiger partial charge in [-0.1, -0.05) is 12.1 Å². The van der Waals surface area contributed by atoms with Gasteiger partial charge in [0, 0.05) is 48.0 Å². The van der Waals surface area contributed by atoms with Crippen LogP contribution >= 0.6 is 0 Å². The average molecular weight is 421 g/mol. The second kappa shape index (κ2) is 7.37. The highest BCUT2D eigenvalue weighted by Gasteiger charge is 2.41. The fraction of sp³-hybridized carbons (Fsp3) is 0.391. The third kappa shape index (κ3) is 3.22. The molecule has 2 saturated heterocycles. The van der Waals surface area contributed by atoms with E-state index in [0.717, 1.165) is 42.4 Å². The molecule has 0 spiro atoms. The van der Waals surface area contributed by atoms with E-state index in [-0.39, 0.29) is 30.6 Å². The maximum absolute atomic E-state index is 13.2. The Labute approximate surface area is 178 Å². The highest BCUT2D eigenvalue weighted by Crippen LogP contribution is 2.44. The van der Waals surface area contributed by atoms with Crippen LogP contribution in [-0.4, -0.2) is 47.9 Å². The van der Waals surface area contributed by atoms with Crippen molar-refractivity contribution >= 4 is 45.8 Å². The molecule has 2 fully saturated rings. The Kier molecular flexibility index (Phi) is 4.64. The molecule has 2 aromatic rings. The van der Waals surface area contributed by atoms with E-state index in [1.807, 2.05) is 24.3 Å². The highest BCUT2D eigenvalue weighted by molar-refractivity contribution is 6.28. The molecule has 3 aliphatic heterocycles. The molecular formula is C23H23N3O5. The first-order valence-electron chi connectivity index (χ1n) is 10.6. The minimum absolute atomic E-state index is 0.190. The lowest BCUT2D eigenvalue weighted by Crippen LogP contribution is -2.53. The predicted octanol–water partition coefficient (Wildman–Crippen LogP) is 2.30. The second-order valence-corrected chi connectivity index (χ2v) is 8.50. The number of carbonyl (C=O) groups excluding carboxylic acids is 3. The summed E-state index contributed by atoms with van der Waals surface area (Å²) in [5.74, 6) is -1.52. The van der Waals surface area contributed by atoms with Gasteiger partial charge in [0.2, 0.25) is 11.8 Å². The van der Waals surface area contributed by atoms with E-state index in [1.165, 1.54) is 4.90 Å². The van der Waals surface area contributed by atoms with Crippen LogP contribution in [0.4, 0.5) is 11.4 Å². The van der Waals surface area contributed by atoms with Gasteiger partial charge in [0.1, 0.15) is 6.04 Å². The van der Waals surface area contributed by atoms with Gasteiger partial charge in [-0.25, -0.2) is 0 Å². The van der Waals surface area contributed by atoms with Gasteiger partial charge in [-0.3, -0.25) is 29.4 Å². The van der Waals surface area contributed by atoms with E-state index in [0.29, 0.717) is 17.7 Å². The number of carboxylic acids is 1. The van der Waals surface area contributed by atoms with Crippen LogP contribution in [0.25, 0.3) is 10.8 Å². The smallest absolute Gasteiger partial charge is 0.303 e. The summed E-state index contributed by atoms with van der Waals surface area (Å²) in [6.07, 6.45) is 2.36. The minimum Gasteiger partial charge on any atom is -0.481 e. The molecule has 0 saturated carbocycles. The van der Waals surface area contributed by atoms with Crippen LogP contribution in [0.1, 0.15) is 42.5 Å². The molecule has 2 aromatic carbocycles. The van der Waals surface area contributed by atoms with Crippen LogP contribution in [-0.2, 0) is 14.4 Å². The van der Waals surface area contributed by atoms with Gasteiger partial charge in [0.05, 0.1) is 5.69 Å². The zero-order chi connectivity index (χ0) is 21.7. The third-order valence-corrected chi connectivity index (χ3v) is 6.64. The van der Waals surface area contributed by atoms with Crippen LogP contribution in [0.2, 0.25) is 0 Å². The van der Waals surface area contributed by atoms with Crippen molar-refractivity contribution in [1.82, 2.24) is 5.32 Å². The van der Waals surface area contributed by atoms with Gasteiger partial charge >= 0.3 is 5.97 Å². The minimum atomic E-state index is -0.754. The number of anilines is 2. The lowest BCUT2D eigenvalue weighted by Gasteiger charge is -2.34. The van der Waals surface area contributed by atoms with Crippen LogP contribution in [0, 0.1) is 5.92 Å². The molecule has 8 nitrogen and oxygen atoms in total. The molecular weight excluding hydrogens is 398 g/mol. The summed E-state index contributed by atoms with van der Waals surface area (Å²) in [6, 6.07) is 8.80. The standard InChI is InChI=1S/C23H23N3O5/c27-19-7-6-18(22(30)24-19)26-17-5-4-16(14-2-1-3-15(21(14)17)23(26)31)25-10-8-13(9-11-25)12-20(28)29/h1-5,13,18H,6-12H2,(H,28,29)(H,24,27,30). The number of carbonyl (C=O) groups is 4. The SMILES string of the molecule is O=C(O)CC1CCN(c2ccc3c4c(cccc24)C(=O)N3C2CCC(=O)NC2=O)CC1. The number of rotatable bonds is 4. The molecule has 3 aliphatic rings. The van der Waals surface area contributed by atoms with Crippen LogP contribution in [0.15, 0.2) is 30.3 Å². The van der Waals surface area contributed by atoms with Crippen molar-refractivity contribution < 1.29 is 24.3 Å². The number of benzene rings is 2. The maximum Gasteiger partial charge on any atom is 0.303 e. The first-order valence-corrected chi connectivity index (χ1v) is 10.6. The van der Waals surface area contributed by atoms with Crippen molar-refractivity contribution in [2.75, 3.05) is 22.9 Å². The summed E-state index contributed by atoms with van der Waals surface area (Å²) in [6.45, 7) is 1.53. The fourth-order valence-corrected chi connectivity index (χ4v) is 5.13. The molecule has 0 bridgehead atoms. The lowest BCUT2D eigenvalue weighted by atomic mass is 9.92. The summed E-state index contributed by atoms with van der Waals surface area (Å²) < 4.78 is 0. The van der Waals surface area contributed by atoms with E-state index in [4.69, 9.17) is 5.11 Å². The molecule has 1 unspecified atom stereocenters. The molecule has 1 atom stereocenters. The van der Waals surface area contributed by atoms with Crippen molar-refractivity contribution in [3.8, 4) is 0 Å². The number of carboxylic acid groups (broad SMARTS) is 1. The van der Waals surface area contributed by atoms with E-state index in [9.17, 15) is 19.2 Å². The molecule has 3 heterocycles. The van der Waals surface area contributed by atoms with Gasteiger partial charge in [-0.2, -0.15) is 0 Å². The summed E-state index contributed by atoms with van der Waals surface area (Å²) in [4.78, 5) is 52.0. The van der Waals surface area contributed by atoms with Crippen molar-refractivity contribution in [1.29, 1.82) is 0 Å². The number of piperidine rings is 2. The molecule has 0 aromatic heterocycles. The maximum atomic E-state index is 13.2. The van der Waals surface area contributed by atoms with Gasteiger partial charge in [-0.05, 0) is 43.4 Å². The zero-order valence-corrected chi connectivity index (χ0v) is 17.0. The number of aliphatic carboxylic acids is 1. The Morgan fingerprint density at radius 1 is 1.03 bits per heavy atom. The molecule has 31 heavy (non-hydrogen) atoms. The fourth-order valence-electron chi connectivity index (χ4n) is 5.13. The summed E-state index contributed by atoms with van der Waals surface area (Å²) in [5, 5.41) is 13.2. The number of nitrogens with one attached hydrogen (secondary N) is 1. The summed E-state index contributed by atoms with van der Waals surface area (Å²) in [5.41, 5.74) is 2.29. The zero-order valence-electron chi connectivity index (χ0n) is 17.0. The van der Waals surface area contributed by atoms with Crippen molar-refractivity contribution in [3.63, 3.8) is 0 Å². The van der Waals surface area contributed by atoms with E-state index in [1.54, 1.807) is 6.07 Å². The van der Waals surface area contributed by atoms with Gasteiger partial charge in [-0.15, -0.1) is 0 Å². The normalized spacial score (nSPS) is 21.7. The number of nitrogens with zero attached hydrogens (tertiary/aromatic N) is 2. The van der Waals surface area contributed by atoms with Crippen LogP contribution in [0.5, 0.6) is 0 Å². The first-order chi connectivity index (χ1) is 14.9. The molecule has 2 N–H and O–H groups in total. The number of imide groups is 1. The average Bonchev–Trinajstić information content (AvgIpc) is 3.02. The van der Waals surface area contributed by atoms with Crippen LogP contribution in [0.3, 0.4) is 0 Å². The lowest BCUT2D eigenvalue weighted by molar-refractivity contribution is -0.138. The van der Waals surface area contributed by atoms with Crippen molar-refractivity contribution in [3.05, 3.63) is 35.9 Å². The monoisotopic (exact) mass is 421 g/mol. The largest absolute Gasteiger partial charge is 0.481 e. The quantitative estimate of drug-likeness (QED) is 0.734. The van der Waals surface area contributed by atoms with E-state index >= 15 is 0 Å². The molecule has 8 heteroatoms. The third-order valence-electron chi connectivity index (χ3n) is 6.64. The summed E-state index contributed by atoms with van der Waals surface area (Å²) >= 11 is 0. The van der Waals surface area contributed by atoms with E-state index < -0.39 is 17.9 Å². The Hall–Kier alpha value is -3.42. The molecule has 3 amide bonds. The molecule has 5 rings (SSSR count). The van der Waals surface area contributed by atoms with Crippen molar-refractivity contribution in [2.24, 2.45) is 5.92 Å². The Balaban J connectivity index is 1.49. The predicted molar refractivity (Wildman–Crippen MR) is 114 cm³/mol. The number of hydrogen-bond acceptors (Lipinski definition) is 5.